The summed E-state index contributed by atoms with van der Waals surface area (Å²) < 4.78 is 20.7. The number of ether oxygens (including phenoxy) is 1. The molecule has 2 aromatic heterocycles. The van der Waals surface area contributed by atoms with Gasteiger partial charge < -0.3 is 20.4 Å². The summed E-state index contributed by atoms with van der Waals surface area (Å²) in [6.45, 7) is 5.88. The zero-order valence-corrected chi connectivity index (χ0v) is 20.2. The number of aromatic amines is 1. The zero-order valence-electron chi connectivity index (χ0n) is 20.2. The van der Waals surface area contributed by atoms with Gasteiger partial charge in [0.2, 0.25) is 5.91 Å². The molecule has 8 nitrogen and oxygen atoms in total. The van der Waals surface area contributed by atoms with Gasteiger partial charge in [0.05, 0.1) is 23.7 Å². The highest BCUT2D eigenvalue weighted by Crippen LogP contribution is 2.37. The van der Waals surface area contributed by atoms with E-state index in [1.807, 2.05) is 25.1 Å². The minimum atomic E-state index is -1.23. The lowest BCUT2D eigenvalue weighted by atomic mass is 10.1. The van der Waals surface area contributed by atoms with Crippen molar-refractivity contribution < 1.29 is 18.7 Å². The quantitative estimate of drug-likeness (QED) is 0.478. The number of nitrogens with zero attached hydrogens (tertiary/aromatic N) is 2. The molecule has 2 saturated carbocycles. The number of hydrogen-bond acceptors (Lipinski definition) is 5. The Kier molecular flexibility index (Phi) is 6.17. The number of hydrogen-bond donors (Lipinski definition) is 3. The monoisotopic (exact) mass is 479 g/mol. The van der Waals surface area contributed by atoms with Crippen LogP contribution < -0.4 is 15.4 Å². The molecule has 3 atom stereocenters. The second-order valence-corrected chi connectivity index (χ2v) is 9.79. The molecular weight excluding hydrogens is 449 g/mol. The molecule has 0 unspecified atom stereocenters. The van der Waals surface area contributed by atoms with E-state index in [0.29, 0.717) is 46.9 Å². The van der Waals surface area contributed by atoms with E-state index in [0.717, 1.165) is 16.9 Å². The molecule has 1 aromatic carbocycles. The predicted octanol–water partition coefficient (Wildman–Crippen LogP) is 3.77. The van der Waals surface area contributed by atoms with Gasteiger partial charge in [-0.2, -0.15) is 0 Å². The fraction of sp³-hybridized carbons (Fsp3) is 0.462. The predicted molar refractivity (Wildman–Crippen MR) is 130 cm³/mol. The molecule has 3 aromatic rings. The maximum atomic E-state index is 14.6. The third-order valence-corrected chi connectivity index (χ3v) is 6.77. The number of rotatable bonds is 7. The molecule has 3 N–H and O–H groups in total. The molecule has 0 radical (unpaired) electrons. The molecule has 0 spiro atoms. The van der Waals surface area contributed by atoms with Gasteiger partial charge in [-0.05, 0) is 51.2 Å². The fourth-order valence-electron chi connectivity index (χ4n) is 4.83. The van der Waals surface area contributed by atoms with E-state index < -0.39 is 18.1 Å². The number of H-pyrrole nitrogens is 1. The number of carbonyl (C=O) groups is 2. The standard InChI is InChI=1S/C26H30FN5O3/c1-13-4-7-21(35-11-16-5-6-16)18(8-13)23-25-24(29-12-28-23)22(14(2)30-25)26(34)32-20-10-17(9-19(20)27)31-15(3)33/h4,7-8,12,16-17,19-20,30H,5-6,9-11H2,1-3H3,(H,31,33)(H,32,34)/t17-,19+,20+/m0/s1. The van der Waals surface area contributed by atoms with Crippen molar-refractivity contribution in [1.29, 1.82) is 0 Å². The molecule has 184 valence electrons. The Morgan fingerprint density at radius 2 is 1.97 bits per heavy atom. The van der Waals surface area contributed by atoms with Crippen LogP contribution >= 0.6 is 0 Å². The topological polar surface area (TPSA) is 109 Å². The SMILES string of the molecule is CC(=O)N[C@H]1C[C@@H](F)[C@H](NC(=O)c2c(C)[nH]c3c(-c4cc(C)ccc4OCC4CC4)ncnc23)C1. The normalized spacial score (nSPS) is 21.8. The Morgan fingerprint density at radius 1 is 1.17 bits per heavy atom. The number of alkyl halides is 1. The summed E-state index contributed by atoms with van der Waals surface area (Å²) in [5.41, 5.74) is 4.66. The molecule has 9 heteroatoms. The van der Waals surface area contributed by atoms with Gasteiger partial charge in [0, 0.05) is 30.6 Å². The van der Waals surface area contributed by atoms with Crippen LogP contribution in [0.15, 0.2) is 24.5 Å². The van der Waals surface area contributed by atoms with Crippen molar-refractivity contribution >= 4 is 22.8 Å². The Labute approximate surface area is 203 Å². The maximum absolute atomic E-state index is 14.6. The number of carbonyl (C=O) groups excluding carboxylic acids is 2. The van der Waals surface area contributed by atoms with Gasteiger partial charge in [-0.3, -0.25) is 9.59 Å². The first-order valence-corrected chi connectivity index (χ1v) is 12.1. The molecular formula is C26H30FN5O3. The number of benzene rings is 1. The summed E-state index contributed by atoms with van der Waals surface area (Å²) in [5, 5.41) is 5.56. The molecule has 5 rings (SSSR count). The Hall–Kier alpha value is -3.49. The largest absolute Gasteiger partial charge is 0.493 e. The van der Waals surface area contributed by atoms with E-state index in [1.165, 1.54) is 26.1 Å². The van der Waals surface area contributed by atoms with Crippen molar-refractivity contribution in [2.24, 2.45) is 5.92 Å². The van der Waals surface area contributed by atoms with Gasteiger partial charge in [0.25, 0.3) is 5.91 Å². The van der Waals surface area contributed by atoms with E-state index in [4.69, 9.17) is 4.74 Å². The van der Waals surface area contributed by atoms with Crippen LogP contribution in [0.5, 0.6) is 5.75 Å². The molecule has 2 heterocycles. The lowest BCUT2D eigenvalue weighted by molar-refractivity contribution is -0.119. The highest BCUT2D eigenvalue weighted by molar-refractivity contribution is 6.09. The average molecular weight is 480 g/mol. The van der Waals surface area contributed by atoms with Gasteiger partial charge in [-0.1, -0.05) is 11.6 Å². The van der Waals surface area contributed by atoms with Crippen molar-refractivity contribution in [2.75, 3.05) is 6.61 Å². The van der Waals surface area contributed by atoms with Crippen molar-refractivity contribution in [3.05, 3.63) is 41.3 Å². The van der Waals surface area contributed by atoms with Gasteiger partial charge >= 0.3 is 0 Å². The van der Waals surface area contributed by atoms with Crippen molar-refractivity contribution in [2.45, 2.75) is 64.7 Å². The second-order valence-electron chi connectivity index (χ2n) is 9.79. The zero-order chi connectivity index (χ0) is 24.7. The Balaban J connectivity index is 1.45. The number of nitrogens with one attached hydrogen (secondary N) is 3. The average Bonchev–Trinajstić information content (AvgIpc) is 3.48. The van der Waals surface area contributed by atoms with Crippen LogP contribution in [0.3, 0.4) is 0 Å². The maximum Gasteiger partial charge on any atom is 0.255 e. The molecule has 2 aliphatic carbocycles. The number of aryl methyl sites for hydroxylation is 2. The van der Waals surface area contributed by atoms with Crippen molar-refractivity contribution in [3.63, 3.8) is 0 Å². The van der Waals surface area contributed by atoms with Crippen LogP contribution in [-0.2, 0) is 4.79 Å². The molecule has 2 aliphatic rings. The van der Waals surface area contributed by atoms with E-state index >= 15 is 0 Å². The highest BCUT2D eigenvalue weighted by atomic mass is 19.1. The van der Waals surface area contributed by atoms with E-state index in [2.05, 4.69) is 25.6 Å². The van der Waals surface area contributed by atoms with Crippen LogP contribution in [-0.4, -0.2) is 51.6 Å². The number of amides is 2. The van der Waals surface area contributed by atoms with E-state index in [1.54, 1.807) is 6.92 Å². The lowest BCUT2D eigenvalue weighted by Crippen LogP contribution is -2.39. The summed E-state index contributed by atoms with van der Waals surface area (Å²) in [7, 11) is 0. The first-order valence-electron chi connectivity index (χ1n) is 12.1. The van der Waals surface area contributed by atoms with Gasteiger partial charge in [0.1, 0.15) is 29.5 Å². The van der Waals surface area contributed by atoms with Gasteiger partial charge in [0.15, 0.2) is 0 Å². The third-order valence-electron chi connectivity index (χ3n) is 6.77. The number of fused-ring (bicyclic) bond motifs is 1. The van der Waals surface area contributed by atoms with Crippen LogP contribution in [0.4, 0.5) is 4.39 Å². The van der Waals surface area contributed by atoms with E-state index in [9.17, 15) is 14.0 Å². The van der Waals surface area contributed by atoms with Crippen molar-refractivity contribution in [3.8, 4) is 17.0 Å². The summed E-state index contributed by atoms with van der Waals surface area (Å²) in [4.78, 5) is 36.8. The number of halogens is 1. The van der Waals surface area contributed by atoms with Gasteiger partial charge in [-0.15, -0.1) is 0 Å². The smallest absolute Gasteiger partial charge is 0.255 e. The van der Waals surface area contributed by atoms with Crippen LogP contribution in [0, 0.1) is 19.8 Å². The number of aromatic nitrogens is 3. The molecule has 35 heavy (non-hydrogen) atoms. The fourth-order valence-corrected chi connectivity index (χ4v) is 4.83. The summed E-state index contributed by atoms with van der Waals surface area (Å²) in [5.74, 6) is 0.750. The van der Waals surface area contributed by atoms with Crippen LogP contribution in [0.2, 0.25) is 0 Å². The highest BCUT2D eigenvalue weighted by Gasteiger charge is 2.36. The van der Waals surface area contributed by atoms with Crippen LogP contribution in [0.25, 0.3) is 22.3 Å². The Morgan fingerprint density at radius 3 is 2.71 bits per heavy atom. The van der Waals surface area contributed by atoms with Crippen LogP contribution in [0.1, 0.15) is 54.2 Å². The Bertz CT molecular complexity index is 1290. The lowest BCUT2D eigenvalue weighted by Gasteiger charge is -2.15. The van der Waals surface area contributed by atoms with Crippen molar-refractivity contribution in [1.82, 2.24) is 25.6 Å². The van der Waals surface area contributed by atoms with E-state index in [-0.39, 0.29) is 18.4 Å². The molecule has 0 bridgehead atoms. The minimum Gasteiger partial charge on any atom is -0.493 e. The third kappa shape index (κ3) is 4.85. The molecule has 0 aliphatic heterocycles. The first kappa shape index (κ1) is 23.3. The first-order chi connectivity index (χ1) is 16.8. The second kappa shape index (κ2) is 9.28. The minimum absolute atomic E-state index is 0.181. The van der Waals surface area contributed by atoms with Gasteiger partial charge in [-0.25, -0.2) is 14.4 Å². The molecule has 2 fully saturated rings. The summed E-state index contributed by atoms with van der Waals surface area (Å²) in [6, 6.07) is 5.02. The summed E-state index contributed by atoms with van der Waals surface area (Å²) >= 11 is 0. The molecule has 0 saturated heterocycles. The summed E-state index contributed by atoms with van der Waals surface area (Å²) in [6.07, 6.45) is 3.12. The molecule has 2 amide bonds.